The number of hydrogen-bond donors (Lipinski definition) is 0. The first kappa shape index (κ1) is 23.6. The van der Waals surface area contributed by atoms with Crippen LogP contribution in [0.1, 0.15) is 57.3 Å². The van der Waals surface area contributed by atoms with Gasteiger partial charge in [0.15, 0.2) is 0 Å². The van der Waals surface area contributed by atoms with E-state index in [1.54, 1.807) is 12.0 Å². The van der Waals surface area contributed by atoms with Gasteiger partial charge < -0.3 is 14.2 Å². The van der Waals surface area contributed by atoms with Gasteiger partial charge in [-0.25, -0.2) is 0 Å². The van der Waals surface area contributed by atoms with Crippen LogP contribution in [0.3, 0.4) is 0 Å². The molecule has 0 fully saturated rings. The van der Waals surface area contributed by atoms with E-state index in [2.05, 4.69) is 17.6 Å². The van der Waals surface area contributed by atoms with E-state index in [9.17, 15) is 9.59 Å². The Morgan fingerprint density at radius 1 is 1.00 bits per heavy atom. The fourth-order valence-corrected chi connectivity index (χ4v) is 4.62. The van der Waals surface area contributed by atoms with Crippen LogP contribution in [0.25, 0.3) is 5.69 Å². The highest BCUT2D eigenvalue weighted by molar-refractivity contribution is 6.00. The zero-order valence-electron chi connectivity index (χ0n) is 20.4. The Balaban J connectivity index is 1.77. The highest BCUT2D eigenvalue weighted by Crippen LogP contribution is 2.42. The number of carbonyl (C=O) groups is 2. The smallest absolute Gasteiger partial charge is 0.247 e. The van der Waals surface area contributed by atoms with Gasteiger partial charge in [-0.3, -0.25) is 14.5 Å². The van der Waals surface area contributed by atoms with Gasteiger partial charge in [-0.15, -0.1) is 0 Å². The third-order valence-electron chi connectivity index (χ3n) is 6.41. The molecule has 1 unspecified atom stereocenters. The van der Waals surface area contributed by atoms with Crippen molar-refractivity contribution in [3.63, 3.8) is 0 Å². The van der Waals surface area contributed by atoms with E-state index in [1.165, 1.54) is 0 Å². The largest absolute Gasteiger partial charge is 0.497 e. The molecule has 1 atom stereocenters. The van der Waals surface area contributed by atoms with Crippen molar-refractivity contribution in [2.45, 2.75) is 52.1 Å². The predicted octanol–water partition coefficient (Wildman–Crippen LogP) is 5.35. The summed E-state index contributed by atoms with van der Waals surface area (Å²) in [5, 5.41) is 0. The number of carbonyl (C=O) groups excluding carboxylic acids is 2. The molecule has 2 heterocycles. The molecule has 4 rings (SSSR count). The fraction of sp³-hybridized carbons (Fsp3) is 0.357. The second kappa shape index (κ2) is 10.2. The number of methoxy groups -OCH3 is 1. The summed E-state index contributed by atoms with van der Waals surface area (Å²) in [5.41, 5.74) is 3.78. The van der Waals surface area contributed by atoms with Gasteiger partial charge in [0.25, 0.3) is 0 Å². The molecule has 6 nitrogen and oxygen atoms in total. The number of ether oxygens (including phenoxy) is 1. The molecule has 0 aliphatic carbocycles. The molecule has 0 spiro atoms. The van der Waals surface area contributed by atoms with Gasteiger partial charge in [-0.1, -0.05) is 37.6 Å². The van der Waals surface area contributed by atoms with Crippen molar-refractivity contribution in [1.29, 1.82) is 0 Å². The zero-order chi connectivity index (χ0) is 24.2. The molecule has 0 saturated heterocycles. The summed E-state index contributed by atoms with van der Waals surface area (Å²) < 4.78 is 7.49. The highest BCUT2D eigenvalue weighted by Gasteiger charge is 2.37. The minimum Gasteiger partial charge on any atom is -0.497 e. The van der Waals surface area contributed by atoms with Crippen molar-refractivity contribution in [3.05, 3.63) is 78.1 Å². The van der Waals surface area contributed by atoms with Crippen molar-refractivity contribution >= 4 is 17.5 Å². The van der Waals surface area contributed by atoms with Gasteiger partial charge >= 0.3 is 0 Å². The van der Waals surface area contributed by atoms with E-state index in [1.807, 2.05) is 79.5 Å². The van der Waals surface area contributed by atoms with Crippen molar-refractivity contribution in [2.24, 2.45) is 0 Å². The lowest BCUT2D eigenvalue weighted by Gasteiger charge is -2.40. The third-order valence-corrected chi connectivity index (χ3v) is 6.41. The maximum absolute atomic E-state index is 14.0. The van der Waals surface area contributed by atoms with Gasteiger partial charge in [0.05, 0.1) is 24.2 Å². The molecule has 178 valence electrons. The SMILES string of the molecule is CCCCC(=O)N(CC(=O)N1c2ccccc2-n2cccc2C1c1ccc(OC)cc1)C(C)C. The van der Waals surface area contributed by atoms with Crippen molar-refractivity contribution in [3.8, 4) is 11.4 Å². The van der Waals surface area contributed by atoms with Gasteiger partial charge in [0.1, 0.15) is 18.3 Å². The number of benzene rings is 2. The lowest BCUT2D eigenvalue weighted by Crippen LogP contribution is -2.48. The Bertz CT molecular complexity index is 1150. The van der Waals surface area contributed by atoms with E-state index in [4.69, 9.17) is 4.74 Å². The molecule has 2 aromatic carbocycles. The van der Waals surface area contributed by atoms with Crippen LogP contribution < -0.4 is 9.64 Å². The van der Waals surface area contributed by atoms with Crippen LogP contribution in [-0.2, 0) is 9.59 Å². The molecular formula is C28H33N3O3. The molecule has 0 bridgehead atoms. The van der Waals surface area contributed by atoms with Crippen LogP contribution in [0.4, 0.5) is 5.69 Å². The topological polar surface area (TPSA) is 54.8 Å². The maximum atomic E-state index is 14.0. The second-order valence-electron chi connectivity index (χ2n) is 8.95. The quantitative estimate of drug-likeness (QED) is 0.456. The fourth-order valence-electron chi connectivity index (χ4n) is 4.62. The lowest BCUT2D eigenvalue weighted by atomic mass is 9.97. The van der Waals surface area contributed by atoms with Crippen molar-refractivity contribution in [1.82, 2.24) is 9.47 Å². The van der Waals surface area contributed by atoms with Crippen LogP contribution in [-0.4, -0.2) is 41.0 Å². The normalized spacial score (nSPS) is 14.5. The van der Waals surface area contributed by atoms with Crippen LogP contribution in [0.5, 0.6) is 5.75 Å². The summed E-state index contributed by atoms with van der Waals surface area (Å²) in [4.78, 5) is 30.5. The van der Waals surface area contributed by atoms with E-state index < -0.39 is 0 Å². The molecule has 1 aliphatic rings. The van der Waals surface area contributed by atoms with Gasteiger partial charge in [0.2, 0.25) is 11.8 Å². The highest BCUT2D eigenvalue weighted by atomic mass is 16.5. The van der Waals surface area contributed by atoms with Crippen LogP contribution >= 0.6 is 0 Å². The molecule has 1 aromatic heterocycles. The molecule has 34 heavy (non-hydrogen) atoms. The average Bonchev–Trinajstić information content (AvgIpc) is 3.34. The summed E-state index contributed by atoms with van der Waals surface area (Å²) in [6, 6.07) is 19.5. The van der Waals surface area contributed by atoms with E-state index in [-0.39, 0.29) is 30.4 Å². The monoisotopic (exact) mass is 459 g/mol. The first-order chi connectivity index (χ1) is 16.5. The minimum atomic E-state index is -0.317. The predicted molar refractivity (Wildman–Crippen MR) is 134 cm³/mol. The van der Waals surface area contributed by atoms with Gasteiger partial charge in [-0.2, -0.15) is 0 Å². The van der Waals surface area contributed by atoms with E-state index >= 15 is 0 Å². The first-order valence-electron chi connectivity index (χ1n) is 12.0. The number of fused-ring (bicyclic) bond motifs is 3. The lowest BCUT2D eigenvalue weighted by molar-refractivity contribution is -0.137. The Hall–Kier alpha value is -3.54. The summed E-state index contributed by atoms with van der Waals surface area (Å²) in [6.45, 7) is 6.04. The molecular weight excluding hydrogens is 426 g/mol. The van der Waals surface area contributed by atoms with Crippen molar-refractivity contribution < 1.29 is 14.3 Å². The minimum absolute atomic E-state index is 0.0277. The summed E-state index contributed by atoms with van der Waals surface area (Å²) in [6.07, 6.45) is 4.26. The Morgan fingerprint density at radius 3 is 2.35 bits per heavy atom. The number of unbranched alkanes of at least 4 members (excludes halogenated alkanes) is 1. The third kappa shape index (κ3) is 4.45. The molecule has 0 saturated carbocycles. The van der Waals surface area contributed by atoms with Gasteiger partial charge in [0, 0.05) is 18.7 Å². The molecule has 1 aliphatic heterocycles. The average molecular weight is 460 g/mol. The van der Waals surface area contributed by atoms with Gasteiger partial charge in [-0.05, 0) is 62.2 Å². The van der Waals surface area contributed by atoms with Crippen LogP contribution in [0, 0.1) is 0 Å². The molecule has 0 N–H and O–H groups in total. The number of para-hydroxylation sites is 2. The number of rotatable bonds is 8. The summed E-state index contributed by atoms with van der Waals surface area (Å²) >= 11 is 0. The molecule has 0 radical (unpaired) electrons. The number of nitrogens with zero attached hydrogens (tertiary/aromatic N) is 3. The number of aromatic nitrogens is 1. The number of amides is 2. The van der Waals surface area contributed by atoms with E-state index in [0.29, 0.717) is 6.42 Å². The van der Waals surface area contributed by atoms with Crippen LogP contribution in [0.2, 0.25) is 0 Å². The summed E-state index contributed by atoms with van der Waals surface area (Å²) in [7, 11) is 1.64. The maximum Gasteiger partial charge on any atom is 0.247 e. The molecule has 2 amide bonds. The second-order valence-corrected chi connectivity index (χ2v) is 8.95. The van der Waals surface area contributed by atoms with Crippen molar-refractivity contribution in [2.75, 3.05) is 18.6 Å². The Kier molecular flexibility index (Phi) is 7.06. The zero-order valence-corrected chi connectivity index (χ0v) is 20.4. The number of anilines is 1. The number of hydrogen-bond acceptors (Lipinski definition) is 3. The Morgan fingerprint density at radius 2 is 1.71 bits per heavy atom. The first-order valence-corrected chi connectivity index (χ1v) is 12.0. The van der Waals surface area contributed by atoms with E-state index in [0.717, 1.165) is 41.2 Å². The molecule has 3 aromatic rings. The molecule has 6 heteroatoms. The Labute approximate surface area is 201 Å². The van der Waals surface area contributed by atoms with Crippen LogP contribution in [0.15, 0.2) is 66.9 Å². The standard InChI is InChI=1S/C28H33N3O3/c1-5-6-13-26(32)30(20(2)3)19-27(33)31-24-11-8-7-10-23(24)29-18-9-12-25(29)28(31)21-14-16-22(34-4)17-15-21/h7-12,14-18,20,28H,5-6,13,19H2,1-4H3. The summed E-state index contributed by atoms with van der Waals surface area (Å²) in [5.74, 6) is 0.694.